The normalized spacial score (nSPS) is 13.4. The van der Waals surface area contributed by atoms with Crippen LogP contribution in [0, 0.1) is 0 Å². The van der Waals surface area contributed by atoms with Gasteiger partial charge in [-0.3, -0.25) is 9.59 Å². The number of carbonyl (C=O) groups is 2. The van der Waals surface area contributed by atoms with Crippen LogP contribution in [0.3, 0.4) is 0 Å². The molecule has 0 aromatic rings. The molecule has 3 N–H and O–H groups in total. The lowest BCUT2D eigenvalue weighted by atomic mass is 10.0. The minimum atomic E-state index is -0.810. The Balaban J connectivity index is 4.61. The van der Waals surface area contributed by atoms with E-state index in [0.717, 1.165) is 57.8 Å². The van der Waals surface area contributed by atoms with Crippen LogP contribution in [0.25, 0.3) is 0 Å². The van der Waals surface area contributed by atoms with E-state index < -0.39 is 18.2 Å². The van der Waals surface area contributed by atoms with Gasteiger partial charge in [-0.05, 0) is 44.9 Å². The van der Waals surface area contributed by atoms with Crippen molar-refractivity contribution in [3.63, 3.8) is 0 Å². The number of allylic oxidation sites excluding steroid dienone is 7. The van der Waals surface area contributed by atoms with Gasteiger partial charge in [-0.25, -0.2) is 0 Å². The molecule has 0 heterocycles. The first-order valence-electron chi connectivity index (χ1n) is 29.4. The summed E-state index contributed by atoms with van der Waals surface area (Å²) in [7, 11) is 0. The standard InChI is InChI=1S/C61H113NO5/c1-4-7-10-13-16-19-22-25-28-29-30-33-36-39-42-45-48-51-54-61(66)67-57(52-49-46-43-40-37-34-31-26-23-20-17-14-11-8-5-2)55-60(65)62-58(56-63)59(64)53-50-47-44-41-38-35-32-27-24-21-18-15-12-9-6-3/h17,20,26,31,37,40,46,49,57-59,63-64H,4-16,18-19,21-25,27-30,32-36,38-39,41-45,47-48,50-56H2,1-3H3,(H,62,65)/b20-17-,31-26-,40-37-,49-46-. The Labute approximate surface area is 416 Å². The first-order valence-corrected chi connectivity index (χ1v) is 29.4. The number of hydrogen-bond acceptors (Lipinski definition) is 5. The first kappa shape index (κ1) is 64.8. The smallest absolute Gasteiger partial charge is 0.306 e. The van der Waals surface area contributed by atoms with Gasteiger partial charge in [-0.15, -0.1) is 0 Å². The third-order valence-electron chi connectivity index (χ3n) is 13.4. The summed E-state index contributed by atoms with van der Waals surface area (Å²) < 4.78 is 5.90. The van der Waals surface area contributed by atoms with Crippen LogP contribution in [-0.2, 0) is 14.3 Å². The van der Waals surface area contributed by atoms with Crippen molar-refractivity contribution >= 4 is 11.9 Å². The molecule has 1 amide bonds. The third kappa shape index (κ3) is 50.0. The van der Waals surface area contributed by atoms with Crippen molar-refractivity contribution in [2.24, 2.45) is 0 Å². The number of unbranched alkanes of at least 4 members (excludes halogenated alkanes) is 34. The molecule has 0 aromatic heterocycles. The molecular weight excluding hydrogens is 827 g/mol. The summed E-state index contributed by atoms with van der Waals surface area (Å²) in [5.41, 5.74) is 0. The van der Waals surface area contributed by atoms with Crippen molar-refractivity contribution in [1.29, 1.82) is 0 Å². The molecule has 67 heavy (non-hydrogen) atoms. The molecule has 0 saturated heterocycles. The SMILES string of the molecule is CCCCC/C=C\C/C=C\C/C=C\C/C=C\CC(CC(=O)NC(CO)C(O)CCCCCCCCCCCCCCCCC)OC(=O)CCCCCCCCCCCCCCCCCCCC. The number of esters is 1. The highest BCUT2D eigenvalue weighted by Crippen LogP contribution is 2.18. The van der Waals surface area contributed by atoms with Gasteiger partial charge in [-0.1, -0.05) is 288 Å². The highest BCUT2D eigenvalue weighted by atomic mass is 16.5. The number of hydrogen-bond donors (Lipinski definition) is 3. The van der Waals surface area contributed by atoms with Gasteiger partial charge in [0.2, 0.25) is 5.91 Å². The van der Waals surface area contributed by atoms with Crippen LogP contribution in [0.15, 0.2) is 48.6 Å². The van der Waals surface area contributed by atoms with Gasteiger partial charge in [-0.2, -0.15) is 0 Å². The summed E-state index contributed by atoms with van der Waals surface area (Å²) >= 11 is 0. The first-order chi connectivity index (χ1) is 33.0. The van der Waals surface area contributed by atoms with Crippen LogP contribution in [0.5, 0.6) is 0 Å². The quantitative estimate of drug-likeness (QED) is 0.0321. The van der Waals surface area contributed by atoms with Crippen LogP contribution in [0.4, 0.5) is 0 Å². The van der Waals surface area contributed by atoms with Gasteiger partial charge < -0.3 is 20.3 Å². The molecule has 0 radical (unpaired) electrons. The summed E-state index contributed by atoms with van der Waals surface area (Å²) in [6.45, 7) is 6.46. The minimum absolute atomic E-state index is 0.00503. The third-order valence-corrected chi connectivity index (χ3v) is 13.4. The molecule has 0 rings (SSSR count). The molecule has 0 fully saturated rings. The van der Waals surface area contributed by atoms with Crippen molar-refractivity contribution in [3.8, 4) is 0 Å². The maximum absolute atomic E-state index is 13.2. The van der Waals surface area contributed by atoms with Gasteiger partial charge >= 0.3 is 5.97 Å². The molecule has 0 saturated carbocycles. The van der Waals surface area contributed by atoms with E-state index in [9.17, 15) is 19.8 Å². The van der Waals surface area contributed by atoms with E-state index >= 15 is 0 Å². The van der Waals surface area contributed by atoms with Crippen LogP contribution >= 0.6 is 0 Å². The number of aliphatic hydroxyl groups is 2. The Morgan fingerprint density at radius 2 is 0.791 bits per heavy atom. The zero-order valence-corrected chi connectivity index (χ0v) is 44.8. The Bertz CT molecular complexity index is 1150. The second kappa shape index (κ2) is 54.8. The van der Waals surface area contributed by atoms with E-state index in [1.807, 2.05) is 6.08 Å². The highest BCUT2D eigenvalue weighted by molar-refractivity contribution is 5.77. The van der Waals surface area contributed by atoms with Crippen molar-refractivity contribution in [2.45, 2.75) is 322 Å². The molecule has 0 aliphatic carbocycles. The zero-order valence-electron chi connectivity index (χ0n) is 44.8. The lowest BCUT2D eigenvalue weighted by Gasteiger charge is -2.24. The lowest BCUT2D eigenvalue weighted by molar-refractivity contribution is -0.150. The van der Waals surface area contributed by atoms with Crippen LogP contribution in [0.1, 0.15) is 303 Å². The fourth-order valence-electron chi connectivity index (χ4n) is 8.94. The summed E-state index contributed by atoms with van der Waals surface area (Å²) in [6, 6.07) is -0.730. The summed E-state index contributed by atoms with van der Waals surface area (Å²) in [5.74, 6) is -0.562. The van der Waals surface area contributed by atoms with Crippen LogP contribution in [-0.4, -0.2) is 46.9 Å². The maximum Gasteiger partial charge on any atom is 0.306 e. The van der Waals surface area contributed by atoms with Crippen LogP contribution in [0.2, 0.25) is 0 Å². The van der Waals surface area contributed by atoms with Gasteiger partial charge in [0.1, 0.15) is 6.10 Å². The molecule has 3 unspecified atom stereocenters. The molecule has 6 heteroatoms. The molecule has 0 spiro atoms. The number of ether oxygens (including phenoxy) is 1. The molecule has 3 atom stereocenters. The molecule has 0 bridgehead atoms. The second-order valence-electron chi connectivity index (χ2n) is 20.1. The maximum atomic E-state index is 13.2. The van der Waals surface area contributed by atoms with E-state index in [2.05, 4.69) is 68.6 Å². The van der Waals surface area contributed by atoms with Gasteiger partial charge in [0.15, 0.2) is 0 Å². The molecule has 0 aliphatic heterocycles. The zero-order chi connectivity index (χ0) is 48.8. The number of amides is 1. The van der Waals surface area contributed by atoms with E-state index in [0.29, 0.717) is 19.3 Å². The largest absolute Gasteiger partial charge is 0.461 e. The molecule has 0 aliphatic rings. The summed E-state index contributed by atoms with van der Waals surface area (Å²) in [4.78, 5) is 26.2. The van der Waals surface area contributed by atoms with Crippen LogP contribution < -0.4 is 5.32 Å². The lowest BCUT2D eigenvalue weighted by Crippen LogP contribution is -2.46. The molecule has 6 nitrogen and oxygen atoms in total. The van der Waals surface area contributed by atoms with Crippen molar-refractivity contribution in [2.75, 3.05) is 6.61 Å². The molecular formula is C61H113NO5. The number of rotatable bonds is 53. The Morgan fingerprint density at radius 1 is 0.448 bits per heavy atom. The Hall–Kier alpha value is -2.18. The van der Waals surface area contributed by atoms with Gasteiger partial charge in [0.05, 0.1) is 25.2 Å². The van der Waals surface area contributed by atoms with Crippen molar-refractivity contribution in [1.82, 2.24) is 5.32 Å². The second-order valence-corrected chi connectivity index (χ2v) is 20.1. The topological polar surface area (TPSA) is 95.9 Å². The van der Waals surface area contributed by atoms with E-state index in [1.165, 1.54) is 199 Å². The van der Waals surface area contributed by atoms with E-state index in [4.69, 9.17) is 4.74 Å². The average Bonchev–Trinajstić information content (AvgIpc) is 3.32. The fraction of sp³-hybridized carbons (Fsp3) is 0.836. The van der Waals surface area contributed by atoms with Gasteiger partial charge in [0.25, 0.3) is 0 Å². The highest BCUT2D eigenvalue weighted by Gasteiger charge is 2.23. The van der Waals surface area contributed by atoms with Crippen molar-refractivity contribution < 1.29 is 24.5 Å². The molecule has 392 valence electrons. The number of aliphatic hydroxyl groups excluding tert-OH is 2. The average molecular weight is 941 g/mol. The summed E-state index contributed by atoms with van der Waals surface area (Å²) in [5, 5.41) is 23.8. The fourth-order valence-corrected chi connectivity index (χ4v) is 8.94. The van der Waals surface area contributed by atoms with Gasteiger partial charge in [0, 0.05) is 12.8 Å². The number of nitrogens with one attached hydrogen (secondary N) is 1. The van der Waals surface area contributed by atoms with E-state index in [-0.39, 0.29) is 24.9 Å². The monoisotopic (exact) mass is 940 g/mol. The molecule has 0 aromatic carbocycles. The Morgan fingerprint density at radius 3 is 1.19 bits per heavy atom. The predicted molar refractivity (Wildman–Crippen MR) is 292 cm³/mol. The number of carbonyl (C=O) groups excluding carboxylic acids is 2. The summed E-state index contributed by atoms with van der Waals surface area (Å²) in [6.07, 6.45) is 67.7. The Kier molecular flexibility index (Phi) is 53.0. The van der Waals surface area contributed by atoms with E-state index in [1.54, 1.807) is 0 Å². The predicted octanol–water partition coefficient (Wildman–Crippen LogP) is 18.2. The minimum Gasteiger partial charge on any atom is -0.461 e. The van der Waals surface area contributed by atoms with Crippen molar-refractivity contribution in [3.05, 3.63) is 48.6 Å².